The lowest BCUT2D eigenvalue weighted by atomic mass is 9.72. The fourth-order valence-electron chi connectivity index (χ4n) is 3.70. The molecule has 0 aromatic rings. The first-order valence-corrected chi connectivity index (χ1v) is 7.57. The molecule has 1 amide bonds. The van der Waals surface area contributed by atoms with E-state index in [0.717, 1.165) is 24.8 Å². The van der Waals surface area contributed by atoms with Crippen molar-refractivity contribution in [1.29, 1.82) is 0 Å². The minimum Gasteiger partial charge on any atom is -0.393 e. The third-order valence-electron chi connectivity index (χ3n) is 4.83. The zero-order chi connectivity index (χ0) is 13.1. The van der Waals surface area contributed by atoms with E-state index < -0.39 is 0 Å². The van der Waals surface area contributed by atoms with Crippen LogP contribution in [0, 0.1) is 11.8 Å². The lowest BCUT2D eigenvalue weighted by Gasteiger charge is -2.47. The molecule has 4 atom stereocenters. The predicted molar refractivity (Wildman–Crippen MR) is 72.2 cm³/mol. The molecule has 0 radical (unpaired) electrons. The summed E-state index contributed by atoms with van der Waals surface area (Å²) in [6.07, 6.45) is 7.00. The van der Waals surface area contributed by atoms with Crippen LogP contribution in [0.4, 0.5) is 0 Å². The first-order chi connectivity index (χ1) is 8.59. The molecule has 0 spiro atoms. The molecule has 0 aromatic heterocycles. The summed E-state index contributed by atoms with van der Waals surface area (Å²) in [5.41, 5.74) is 0. The van der Waals surface area contributed by atoms with Gasteiger partial charge < -0.3 is 10.0 Å². The van der Waals surface area contributed by atoms with Gasteiger partial charge in [-0.05, 0) is 44.4 Å². The second-order valence-electron chi connectivity index (χ2n) is 6.26. The second-order valence-corrected chi connectivity index (χ2v) is 6.26. The van der Waals surface area contributed by atoms with Crippen LogP contribution in [0.15, 0.2) is 0 Å². The van der Waals surface area contributed by atoms with Crippen LogP contribution in [0.25, 0.3) is 0 Å². The number of aliphatic hydroxyl groups excluding tert-OH is 1. The minimum absolute atomic E-state index is 0.264. The van der Waals surface area contributed by atoms with Crippen molar-refractivity contribution < 1.29 is 9.90 Å². The molecule has 2 aliphatic rings. The third-order valence-corrected chi connectivity index (χ3v) is 4.83. The number of carbonyl (C=O) groups is 1. The molecule has 2 rings (SSSR count). The van der Waals surface area contributed by atoms with Crippen molar-refractivity contribution in [3.05, 3.63) is 0 Å². The Morgan fingerprint density at radius 1 is 1.33 bits per heavy atom. The third kappa shape index (κ3) is 3.05. The Morgan fingerprint density at radius 3 is 2.78 bits per heavy atom. The first kappa shape index (κ1) is 13.9. The maximum absolute atomic E-state index is 12.3. The number of amides is 1. The van der Waals surface area contributed by atoms with Crippen molar-refractivity contribution in [2.24, 2.45) is 11.8 Å². The Hall–Kier alpha value is -0.570. The largest absolute Gasteiger partial charge is 0.393 e. The van der Waals surface area contributed by atoms with E-state index in [0.29, 0.717) is 18.9 Å². The molecule has 1 aliphatic carbocycles. The zero-order valence-corrected chi connectivity index (χ0v) is 11.8. The summed E-state index contributed by atoms with van der Waals surface area (Å²) in [6, 6.07) is 0.490. The van der Waals surface area contributed by atoms with Crippen molar-refractivity contribution in [2.45, 2.75) is 70.9 Å². The van der Waals surface area contributed by atoms with E-state index in [9.17, 15) is 9.90 Å². The quantitative estimate of drug-likeness (QED) is 0.840. The topological polar surface area (TPSA) is 40.5 Å². The van der Waals surface area contributed by atoms with Crippen LogP contribution in [-0.4, -0.2) is 34.6 Å². The monoisotopic (exact) mass is 253 g/mol. The van der Waals surface area contributed by atoms with Gasteiger partial charge in [-0.3, -0.25) is 4.79 Å². The van der Waals surface area contributed by atoms with E-state index in [1.165, 1.54) is 25.7 Å². The van der Waals surface area contributed by atoms with Crippen molar-refractivity contribution in [3.63, 3.8) is 0 Å². The molecule has 1 aliphatic heterocycles. The van der Waals surface area contributed by atoms with Gasteiger partial charge in [0.05, 0.1) is 6.10 Å². The summed E-state index contributed by atoms with van der Waals surface area (Å²) in [5, 5.41) is 9.30. The number of hydrogen-bond acceptors (Lipinski definition) is 2. The summed E-state index contributed by atoms with van der Waals surface area (Å²) in [5.74, 6) is 1.76. The SMILES string of the molecule is CC(O)CCC(=O)N1CCC(C)C2CCCCC21. The number of nitrogens with zero attached hydrogens (tertiary/aromatic N) is 1. The maximum atomic E-state index is 12.3. The standard InChI is InChI=1S/C15H27NO2/c1-11-9-10-16(15(18)8-7-12(2)17)14-6-4-3-5-13(11)14/h11-14,17H,3-10H2,1-2H3. The van der Waals surface area contributed by atoms with E-state index in [-0.39, 0.29) is 12.0 Å². The van der Waals surface area contributed by atoms with Crippen LogP contribution in [0.5, 0.6) is 0 Å². The molecular weight excluding hydrogens is 226 g/mol. The highest BCUT2D eigenvalue weighted by Crippen LogP contribution is 2.39. The fraction of sp³-hybridized carbons (Fsp3) is 0.933. The van der Waals surface area contributed by atoms with Gasteiger partial charge in [-0.15, -0.1) is 0 Å². The van der Waals surface area contributed by atoms with Crippen LogP contribution in [0.1, 0.15) is 58.8 Å². The molecule has 1 saturated carbocycles. The summed E-state index contributed by atoms with van der Waals surface area (Å²) in [6.45, 7) is 5.04. The van der Waals surface area contributed by atoms with Crippen molar-refractivity contribution in [2.75, 3.05) is 6.54 Å². The minimum atomic E-state index is -0.361. The predicted octanol–water partition coefficient (Wildman–Crippen LogP) is 2.57. The van der Waals surface area contributed by atoms with E-state index in [2.05, 4.69) is 11.8 Å². The van der Waals surface area contributed by atoms with Gasteiger partial charge in [0, 0.05) is 19.0 Å². The van der Waals surface area contributed by atoms with Gasteiger partial charge in [0.1, 0.15) is 0 Å². The Bertz CT molecular complexity index is 290. The maximum Gasteiger partial charge on any atom is 0.222 e. The number of likely N-dealkylation sites (tertiary alicyclic amines) is 1. The van der Waals surface area contributed by atoms with Crippen LogP contribution < -0.4 is 0 Å². The fourth-order valence-corrected chi connectivity index (χ4v) is 3.70. The Balaban J connectivity index is 1.96. The lowest BCUT2D eigenvalue weighted by Crippen LogP contribution is -2.52. The molecule has 0 bridgehead atoms. The van der Waals surface area contributed by atoms with Crippen molar-refractivity contribution in [1.82, 2.24) is 4.90 Å². The average molecular weight is 253 g/mol. The van der Waals surface area contributed by atoms with E-state index in [4.69, 9.17) is 0 Å². The van der Waals surface area contributed by atoms with E-state index in [1.807, 2.05) is 0 Å². The van der Waals surface area contributed by atoms with Gasteiger partial charge in [-0.1, -0.05) is 19.8 Å². The molecule has 104 valence electrons. The van der Waals surface area contributed by atoms with Gasteiger partial charge >= 0.3 is 0 Å². The summed E-state index contributed by atoms with van der Waals surface area (Å²) < 4.78 is 0. The first-order valence-electron chi connectivity index (χ1n) is 7.57. The number of carbonyl (C=O) groups excluding carboxylic acids is 1. The molecule has 1 saturated heterocycles. The zero-order valence-electron chi connectivity index (χ0n) is 11.8. The average Bonchev–Trinajstić information content (AvgIpc) is 2.37. The molecule has 2 fully saturated rings. The molecule has 4 unspecified atom stereocenters. The van der Waals surface area contributed by atoms with Crippen LogP contribution in [0.2, 0.25) is 0 Å². The summed E-state index contributed by atoms with van der Waals surface area (Å²) in [4.78, 5) is 14.4. The highest BCUT2D eigenvalue weighted by molar-refractivity contribution is 5.76. The van der Waals surface area contributed by atoms with Crippen LogP contribution >= 0.6 is 0 Å². The Morgan fingerprint density at radius 2 is 2.06 bits per heavy atom. The number of hydrogen-bond donors (Lipinski definition) is 1. The molecule has 3 heteroatoms. The van der Waals surface area contributed by atoms with E-state index >= 15 is 0 Å². The van der Waals surface area contributed by atoms with Gasteiger partial charge in [0.25, 0.3) is 0 Å². The number of aliphatic hydroxyl groups is 1. The summed E-state index contributed by atoms with van der Waals surface area (Å²) >= 11 is 0. The van der Waals surface area contributed by atoms with Crippen LogP contribution in [0.3, 0.4) is 0 Å². The highest BCUT2D eigenvalue weighted by Gasteiger charge is 2.38. The van der Waals surface area contributed by atoms with Gasteiger partial charge in [-0.25, -0.2) is 0 Å². The lowest BCUT2D eigenvalue weighted by molar-refractivity contribution is -0.139. The molecule has 1 N–H and O–H groups in total. The number of fused-ring (bicyclic) bond motifs is 1. The number of piperidine rings is 1. The van der Waals surface area contributed by atoms with Crippen molar-refractivity contribution >= 4 is 5.91 Å². The normalized spacial score (nSPS) is 33.9. The van der Waals surface area contributed by atoms with Crippen LogP contribution in [-0.2, 0) is 4.79 Å². The van der Waals surface area contributed by atoms with Gasteiger partial charge in [0.2, 0.25) is 5.91 Å². The van der Waals surface area contributed by atoms with Gasteiger partial charge in [-0.2, -0.15) is 0 Å². The Kier molecular flexibility index (Phi) is 4.66. The summed E-state index contributed by atoms with van der Waals surface area (Å²) in [7, 11) is 0. The van der Waals surface area contributed by atoms with Gasteiger partial charge in [0.15, 0.2) is 0 Å². The highest BCUT2D eigenvalue weighted by atomic mass is 16.3. The molecular formula is C15H27NO2. The Labute approximate surface area is 111 Å². The molecule has 3 nitrogen and oxygen atoms in total. The van der Waals surface area contributed by atoms with E-state index in [1.54, 1.807) is 6.92 Å². The smallest absolute Gasteiger partial charge is 0.222 e. The molecule has 18 heavy (non-hydrogen) atoms. The molecule has 0 aromatic carbocycles. The molecule has 1 heterocycles. The van der Waals surface area contributed by atoms with Crippen molar-refractivity contribution in [3.8, 4) is 0 Å². The number of rotatable bonds is 3. The second kappa shape index (κ2) is 6.05.